The molecule has 1 aliphatic rings. The third-order valence-corrected chi connectivity index (χ3v) is 5.30. The van der Waals surface area contributed by atoms with Crippen LogP contribution in [0.2, 0.25) is 5.02 Å². The van der Waals surface area contributed by atoms with Crippen LogP contribution >= 0.6 is 23.4 Å². The molecule has 0 aliphatic carbocycles. The van der Waals surface area contributed by atoms with Gasteiger partial charge >= 0.3 is 0 Å². The van der Waals surface area contributed by atoms with Crippen LogP contribution < -0.4 is 5.32 Å². The molecule has 2 aromatic rings. The molecule has 0 saturated carbocycles. The molecule has 1 N–H and O–H groups in total. The van der Waals surface area contributed by atoms with Crippen LogP contribution in [0, 0.1) is 10.1 Å². The molecule has 1 amide bonds. The highest BCUT2D eigenvalue weighted by Gasteiger charge is 2.20. The molecule has 1 unspecified atom stereocenters. The van der Waals surface area contributed by atoms with Gasteiger partial charge < -0.3 is 10.1 Å². The number of amides is 1. The number of nitrogens with one attached hydrogen (secondary N) is 1. The van der Waals surface area contributed by atoms with Crippen molar-refractivity contribution in [3.05, 3.63) is 63.2 Å². The van der Waals surface area contributed by atoms with E-state index in [2.05, 4.69) is 5.32 Å². The minimum atomic E-state index is -0.477. The molecule has 3 rings (SSSR count). The first-order valence-electron chi connectivity index (χ1n) is 8.14. The number of carbonyl (C=O) groups is 1. The van der Waals surface area contributed by atoms with Crippen LogP contribution in [-0.2, 0) is 4.74 Å². The number of hydrogen-bond acceptors (Lipinski definition) is 5. The Morgan fingerprint density at radius 1 is 1.31 bits per heavy atom. The molecule has 0 spiro atoms. The molecular formula is C18H17ClN2O4S. The van der Waals surface area contributed by atoms with Crippen molar-refractivity contribution in [2.75, 3.05) is 13.2 Å². The van der Waals surface area contributed by atoms with Gasteiger partial charge in [-0.25, -0.2) is 0 Å². The van der Waals surface area contributed by atoms with Gasteiger partial charge in [0.15, 0.2) is 0 Å². The summed E-state index contributed by atoms with van der Waals surface area (Å²) in [6.45, 7) is 1.12. The molecule has 8 heteroatoms. The van der Waals surface area contributed by atoms with Crippen molar-refractivity contribution < 1.29 is 14.5 Å². The highest BCUT2D eigenvalue weighted by molar-refractivity contribution is 7.99. The van der Waals surface area contributed by atoms with E-state index in [-0.39, 0.29) is 23.3 Å². The molecule has 0 radical (unpaired) electrons. The molecule has 0 bridgehead atoms. The van der Waals surface area contributed by atoms with Crippen molar-refractivity contribution in [1.82, 2.24) is 5.32 Å². The van der Waals surface area contributed by atoms with Crippen LogP contribution in [0.4, 0.5) is 5.69 Å². The van der Waals surface area contributed by atoms with Crippen LogP contribution in [0.1, 0.15) is 23.2 Å². The molecule has 2 aromatic carbocycles. The van der Waals surface area contributed by atoms with Crippen LogP contribution in [0.5, 0.6) is 0 Å². The lowest BCUT2D eigenvalue weighted by atomic mass is 10.2. The fourth-order valence-corrected chi connectivity index (χ4v) is 3.66. The summed E-state index contributed by atoms with van der Waals surface area (Å²) in [6, 6.07) is 11.5. The van der Waals surface area contributed by atoms with Gasteiger partial charge in [0.2, 0.25) is 0 Å². The van der Waals surface area contributed by atoms with Gasteiger partial charge in [-0.05, 0) is 49.2 Å². The van der Waals surface area contributed by atoms with Gasteiger partial charge in [0.25, 0.3) is 11.6 Å². The van der Waals surface area contributed by atoms with Crippen molar-refractivity contribution in [2.45, 2.75) is 28.7 Å². The zero-order chi connectivity index (χ0) is 18.5. The maximum atomic E-state index is 12.3. The van der Waals surface area contributed by atoms with E-state index in [9.17, 15) is 14.9 Å². The van der Waals surface area contributed by atoms with Crippen LogP contribution in [0.15, 0.2) is 52.3 Å². The van der Waals surface area contributed by atoms with E-state index in [0.717, 1.165) is 17.7 Å². The molecule has 136 valence electrons. The molecule has 1 atom stereocenters. The van der Waals surface area contributed by atoms with Gasteiger partial charge in [0.05, 0.1) is 15.9 Å². The summed E-state index contributed by atoms with van der Waals surface area (Å²) >= 11 is 7.11. The van der Waals surface area contributed by atoms with Gasteiger partial charge in [0.1, 0.15) is 0 Å². The van der Waals surface area contributed by atoms with Gasteiger partial charge in [-0.2, -0.15) is 0 Å². The van der Waals surface area contributed by atoms with Crippen LogP contribution in [0.25, 0.3) is 0 Å². The van der Waals surface area contributed by atoms with E-state index < -0.39 is 4.92 Å². The number of carbonyl (C=O) groups excluding carboxylic acids is 1. The molecule has 1 fully saturated rings. The minimum absolute atomic E-state index is 0.0219. The quantitative estimate of drug-likeness (QED) is 0.585. The summed E-state index contributed by atoms with van der Waals surface area (Å²) in [5, 5.41) is 14.8. The average Bonchev–Trinajstić information content (AvgIpc) is 3.15. The first-order valence-corrected chi connectivity index (χ1v) is 9.34. The lowest BCUT2D eigenvalue weighted by Gasteiger charge is -2.11. The minimum Gasteiger partial charge on any atom is -0.376 e. The summed E-state index contributed by atoms with van der Waals surface area (Å²) in [4.78, 5) is 24.5. The number of nitrogens with zero attached hydrogens (tertiary/aromatic N) is 1. The van der Waals surface area contributed by atoms with Crippen LogP contribution in [0.3, 0.4) is 0 Å². The Morgan fingerprint density at radius 2 is 2.08 bits per heavy atom. The van der Waals surface area contributed by atoms with Gasteiger partial charge in [-0.15, -0.1) is 0 Å². The zero-order valence-corrected chi connectivity index (χ0v) is 15.4. The first-order chi connectivity index (χ1) is 12.5. The second kappa shape index (κ2) is 8.53. The normalized spacial score (nSPS) is 16.4. The Hall–Kier alpha value is -2.09. The topological polar surface area (TPSA) is 81.5 Å². The Labute approximate surface area is 160 Å². The largest absolute Gasteiger partial charge is 0.376 e. The van der Waals surface area contributed by atoms with Crippen molar-refractivity contribution in [3.8, 4) is 0 Å². The van der Waals surface area contributed by atoms with Crippen LogP contribution in [-0.4, -0.2) is 30.1 Å². The van der Waals surface area contributed by atoms with E-state index in [1.54, 1.807) is 36.4 Å². The van der Waals surface area contributed by atoms with Crippen molar-refractivity contribution in [2.24, 2.45) is 0 Å². The first kappa shape index (κ1) is 18.7. The summed E-state index contributed by atoms with van der Waals surface area (Å²) < 4.78 is 5.46. The SMILES string of the molecule is O=C(NCC1CCCO1)c1ccc(Sc2ccc(Cl)cc2)c([N+](=O)[O-])c1. The number of rotatable bonds is 6. The predicted octanol–water partition coefficient (Wildman–Crippen LogP) is 4.31. The lowest BCUT2D eigenvalue weighted by molar-refractivity contribution is -0.387. The highest BCUT2D eigenvalue weighted by Crippen LogP contribution is 2.35. The molecule has 6 nitrogen and oxygen atoms in total. The molecule has 0 aromatic heterocycles. The third-order valence-electron chi connectivity index (χ3n) is 3.97. The number of nitro groups is 1. The van der Waals surface area contributed by atoms with Gasteiger partial charge in [-0.1, -0.05) is 23.4 Å². The Bertz CT molecular complexity index is 807. The number of benzene rings is 2. The van der Waals surface area contributed by atoms with E-state index in [4.69, 9.17) is 16.3 Å². The summed E-state index contributed by atoms with van der Waals surface area (Å²) in [7, 11) is 0. The summed E-state index contributed by atoms with van der Waals surface area (Å²) in [5.74, 6) is -0.341. The predicted molar refractivity (Wildman–Crippen MR) is 100.0 cm³/mol. The highest BCUT2D eigenvalue weighted by atomic mass is 35.5. The maximum Gasteiger partial charge on any atom is 0.284 e. The van der Waals surface area contributed by atoms with Crippen molar-refractivity contribution in [1.29, 1.82) is 0 Å². The lowest BCUT2D eigenvalue weighted by Crippen LogP contribution is -2.31. The van der Waals surface area contributed by atoms with Gasteiger partial charge in [0, 0.05) is 34.7 Å². The van der Waals surface area contributed by atoms with E-state index in [0.29, 0.717) is 23.1 Å². The molecule has 26 heavy (non-hydrogen) atoms. The smallest absolute Gasteiger partial charge is 0.284 e. The van der Waals surface area contributed by atoms with Gasteiger partial charge in [-0.3, -0.25) is 14.9 Å². The number of halogens is 1. The average molecular weight is 393 g/mol. The van der Waals surface area contributed by atoms with Crippen molar-refractivity contribution in [3.63, 3.8) is 0 Å². The number of ether oxygens (including phenoxy) is 1. The second-order valence-electron chi connectivity index (χ2n) is 5.84. The Kier molecular flexibility index (Phi) is 6.13. The zero-order valence-electron chi connectivity index (χ0n) is 13.8. The second-order valence-corrected chi connectivity index (χ2v) is 7.39. The number of hydrogen-bond donors (Lipinski definition) is 1. The summed E-state index contributed by atoms with van der Waals surface area (Å²) in [6.07, 6.45) is 1.92. The molecular weight excluding hydrogens is 376 g/mol. The fraction of sp³-hybridized carbons (Fsp3) is 0.278. The molecule has 1 saturated heterocycles. The summed E-state index contributed by atoms with van der Waals surface area (Å²) in [5.41, 5.74) is 0.157. The Morgan fingerprint density at radius 3 is 2.73 bits per heavy atom. The van der Waals surface area contributed by atoms with E-state index in [1.165, 1.54) is 17.8 Å². The maximum absolute atomic E-state index is 12.3. The van der Waals surface area contributed by atoms with E-state index >= 15 is 0 Å². The standard InChI is InChI=1S/C18H17ClN2O4S/c19-13-4-6-15(7-5-13)26-17-8-3-12(10-16(17)21(23)24)18(22)20-11-14-2-1-9-25-14/h3-8,10,14H,1-2,9,11H2,(H,20,22). The molecule has 1 heterocycles. The monoisotopic (exact) mass is 392 g/mol. The molecule has 1 aliphatic heterocycles. The van der Waals surface area contributed by atoms with Crippen molar-refractivity contribution >= 4 is 35.0 Å². The van der Waals surface area contributed by atoms with E-state index in [1.807, 2.05) is 0 Å². The third kappa shape index (κ3) is 4.75. The number of nitro benzene ring substituents is 1. The Balaban J connectivity index is 1.74. The fourth-order valence-electron chi connectivity index (χ4n) is 2.63.